The minimum absolute atomic E-state index is 0.589. The zero-order valence-corrected chi connectivity index (χ0v) is 29.5. The van der Waals surface area contributed by atoms with Crippen LogP contribution in [0.5, 0.6) is 0 Å². The molecule has 3 aromatic heterocycles. The van der Waals surface area contributed by atoms with Gasteiger partial charge >= 0.3 is 0 Å². The highest BCUT2D eigenvalue weighted by Gasteiger charge is 2.21. The van der Waals surface area contributed by atoms with Crippen molar-refractivity contribution in [3.8, 4) is 34.3 Å². The SMILES string of the molecule is [C-]#[N+]c1ccc2c(c1)c1ccccc1n2-c1cccc2c3ccccc3n(-c3cc(C#N)cc(-c4ccc(-n5c6ccccc6c6ccccc65)cc4)c3)c12. The molecule has 0 aliphatic carbocycles. The van der Waals surface area contributed by atoms with Gasteiger partial charge in [0.15, 0.2) is 5.69 Å². The number of fused-ring (bicyclic) bond motifs is 9. The normalized spacial score (nSPS) is 11.6. The van der Waals surface area contributed by atoms with Gasteiger partial charge in [-0.25, -0.2) is 4.85 Å². The van der Waals surface area contributed by atoms with Gasteiger partial charge in [0.05, 0.1) is 57.0 Å². The molecule has 5 heteroatoms. The fourth-order valence-corrected chi connectivity index (χ4v) is 8.71. The molecule has 0 fully saturated rings. The van der Waals surface area contributed by atoms with Crippen LogP contribution in [0.3, 0.4) is 0 Å². The van der Waals surface area contributed by atoms with Crippen LogP contribution in [-0.2, 0) is 0 Å². The predicted molar refractivity (Wildman–Crippen MR) is 226 cm³/mol. The van der Waals surface area contributed by atoms with Gasteiger partial charge in [-0.15, -0.1) is 0 Å². The summed E-state index contributed by atoms with van der Waals surface area (Å²) in [6, 6.07) is 63.7. The molecule has 11 rings (SSSR count). The highest BCUT2D eigenvalue weighted by molar-refractivity contribution is 6.15. The van der Waals surface area contributed by atoms with Crippen LogP contribution < -0.4 is 0 Å². The monoisotopic (exact) mass is 699 g/mol. The van der Waals surface area contributed by atoms with Gasteiger partial charge in [0.1, 0.15) is 0 Å². The molecule has 0 bridgehead atoms. The fourth-order valence-electron chi connectivity index (χ4n) is 8.71. The summed E-state index contributed by atoms with van der Waals surface area (Å²) in [7, 11) is 0. The summed E-state index contributed by atoms with van der Waals surface area (Å²) in [5.41, 5.74) is 12.8. The molecule has 11 aromatic rings. The maximum atomic E-state index is 10.4. The molecule has 0 radical (unpaired) electrons. The Labute approximate surface area is 316 Å². The fraction of sp³-hybridized carbons (Fsp3) is 0. The molecular weight excluding hydrogens is 671 g/mol. The summed E-state index contributed by atoms with van der Waals surface area (Å²) >= 11 is 0. The van der Waals surface area contributed by atoms with Crippen molar-refractivity contribution in [1.82, 2.24) is 13.7 Å². The van der Waals surface area contributed by atoms with Crippen molar-refractivity contribution in [3.63, 3.8) is 0 Å². The number of benzene rings is 8. The van der Waals surface area contributed by atoms with Gasteiger partial charge in [-0.05, 0) is 89.3 Å². The van der Waals surface area contributed by atoms with E-state index in [9.17, 15) is 5.26 Å². The molecule has 0 saturated carbocycles. The minimum atomic E-state index is 0.589. The first-order valence-corrected chi connectivity index (χ1v) is 18.3. The lowest BCUT2D eigenvalue weighted by Gasteiger charge is -2.16. The van der Waals surface area contributed by atoms with Gasteiger partial charge in [0.2, 0.25) is 0 Å². The Morgan fingerprint density at radius 3 is 1.60 bits per heavy atom. The van der Waals surface area contributed by atoms with Crippen molar-refractivity contribution in [1.29, 1.82) is 5.26 Å². The van der Waals surface area contributed by atoms with Crippen molar-refractivity contribution in [2.45, 2.75) is 0 Å². The molecule has 0 atom stereocenters. The van der Waals surface area contributed by atoms with Crippen LogP contribution in [0.25, 0.3) is 98.5 Å². The molecular formula is C50H29N5. The van der Waals surface area contributed by atoms with E-state index in [0.29, 0.717) is 11.3 Å². The first kappa shape index (κ1) is 30.7. The lowest BCUT2D eigenvalue weighted by molar-refractivity contribution is 1.13. The van der Waals surface area contributed by atoms with E-state index >= 15 is 0 Å². The number of rotatable bonds is 4. The molecule has 0 N–H and O–H groups in total. The number of nitriles is 1. The van der Waals surface area contributed by atoms with Crippen molar-refractivity contribution in [2.75, 3.05) is 0 Å². The molecule has 55 heavy (non-hydrogen) atoms. The highest BCUT2D eigenvalue weighted by atomic mass is 15.1. The molecule has 0 spiro atoms. The number of aromatic nitrogens is 3. The van der Waals surface area contributed by atoms with Crippen LogP contribution >= 0.6 is 0 Å². The van der Waals surface area contributed by atoms with Crippen molar-refractivity contribution >= 4 is 71.1 Å². The van der Waals surface area contributed by atoms with E-state index in [0.717, 1.165) is 71.8 Å². The molecule has 0 aliphatic rings. The van der Waals surface area contributed by atoms with Gasteiger partial charge in [-0.2, -0.15) is 5.26 Å². The number of hydrogen-bond donors (Lipinski definition) is 0. The average Bonchev–Trinajstić information content (AvgIpc) is 3.89. The first-order valence-electron chi connectivity index (χ1n) is 18.3. The second-order valence-electron chi connectivity index (χ2n) is 14.0. The Balaban J connectivity index is 1.13. The lowest BCUT2D eigenvalue weighted by Crippen LogP contribution is -2.01. The van der Waals surface area contributed by atoms with E-state index in [2.05, 4.69) is 176 Å². The van der Waals surface area contributed by atoms with E-state index in [-0.39, 0.29) is 0 Å². The van der Waals surface area contributed by atoms with E-state index in [1.54, 1.807) is 0 Å². The first-order chi connectivity index (χ1) is 27.2. The average molecular weight is 700 g/mol. The van der Waals surface area contributed by atoms with Crippen molar-refractivity contribution < 1.29 is 0 Å². The number of para-hydroxylation sites is 5. The topological polar surface area (TPSA) is 42.9 Å². The molecule has 254 valence electrons. The Bertz CT molecular complexity index is 3400. The van der Waals surface area contributed by atoms with Crippen LogP contribution in [0.15, 0.2) is 176 Å². The second kappa shape index (κ2) is 11.8. The van der Waals surface area contributed by atoms with Crippen LogP contribution in [0.4, 0.5) is 5.69 Å². The summed E-state index contributed by atoms with van der Waals surface area (Å²) in [5, 5.41) is 17.3. The maximum Gasteiger partial charge on any atom is 0.188 e. The van der Waals surface area contributed by atoms with E-state index in [4.69, 9.17) is 6.57 Å². The van der Waals surface area contributed by atoms with E-state index in [1.807, 2.05) is 24.3 Å². The predicted octanol–water partition coefficient (Wildman–Crippen LogP) is 13.1. The molecule has 0 amide bonds. The van der Waals surface area contributed by atoms with Gasteiger partial charge in [0, 0.05) is 38.3 Å². The summed E-state index contributed by atoms with van der Waals surface area (Å²) < 4.78 is 6.95. The maximum absolute atomic E-state index is 10.4. The van der Waals surface area contributed by atoms with Gasteiger partial charge < -0.3 is 13.7 Å². The Kier molecular flexibility index (Phi) is 6.61. The zero-order chi connectivity index (χ0) is 36.6. The zero-order valence-electron chi connectivity index (χ0n) is 29.5. The van der Waals surface area contributed by atoms with Crippen LogP contribution in [0.2, 0.25) is 0 Å². The molecule has 0 saturated heterocycles. The van der Waals surface area contributed by atoms with E-state index in [1.165, 1.54) is 21.8 Å². The quantitative estimate of drug-likeness (QED) is 0.169. The Morgan fingerprint density at radius 2 is 0.964 bits per heavy atom. The smallest absolute Gasteiger partial charge is 0.188 e. The van der Waals surface area contributed by atoms with Gasteiger partial charge in [-0.1, -0.05) is 103 Å². The third kappa shape index (κ3) is 4.51. The van der Waals surface area contributed by atoms with Gasteiger partial charge in [-0.3, -0.25) is 0 Å². The van der Waals surface area contributed by atoms with Gasteiger partial charge in [0.25, 0.3) is 0 Å². The highest BCUT2D eigenvalue weighted by Crippen LogP contribution is 2.41. The third-order valence-electron chi connectivity index (χ3n) is 11.0. The molecule has 8 aromatic carbocycles. The van der Waals surface area contributed by atoms with E-state index < -0.39 is 0 Å². The Hall–Kier alpha value is -7.86. The van der Waals surface area contributed by atoms with Crippen LogP contribution in [0, 0.1) is 17.9 Å². The summed E-state index contributed by atoms with van der Waals surface area (Å²) in [6.45, 7) is 7.70. The minimum Gasteiger partial charge on any atom is -0.309 e. The second-order valence-corrected chi connectivity index (χ2v) is 14.0. The largest absolute Gasteiger partial charge is 0.309 e. The number of hydrogen-bond acceptors (Lipinski definition) is 1. The summed E-state index contributed by atoms with van der Waals surface area (Å²) in [5.74, 6) is 0. The van der Waals surface area contributed by atoms with Crippen molar-refractivity contribution in [3.05, 3.63) is 193 Å². The molecule has 5 nitrogen and oxygen atoms in total. The Morgan fingerprint density at radius 1 is 0.418 bits per heavy atom. The standard InChI is InChI=1S/C50H29N5/c1-52-35-23-26-48-43(30-35)41-14-5-9-19-47(41)55(48)49-20-10-15-42-40-13-4-8-18-46(40)54(50(42)49)37-28-32(31-51)27-34(29-37)33-21-24-36(25-22-33)53-44-16-6-2-11-38(44)39-12-3-7-17-45(39)53/h2-30H. The number of nitrogens with zero attached hydrogens (tertiary/aromatic N) is 5. The third-order valence-corrected chi connectivity index (χ3v) is 11.0. The molecule has 0 unspecified atom stereocenters. The lowest BCUT2D eigenvalue weighted by atomic mass is 10.0. The van der Waals surface area contributed by atoms with Crippen LogP contribution in [-0.4, -0.2) is 13.7 Å². The summed E-state index contributed by atoms with van der Waals surface area (Å²) in [6.07, 6.45) is 0. The van der Waals surface area contributed by atoms with Crippen LogP contribution in [0.1, 0.15) is 5.56 Å². The molecule has 3 heterocycles. The molecule has 0 aliphatic heterocycles. The van der Waals surface area contributed by atoms with Crippen molar-refractivity contribution in [2.24, 2.45) is 0 Å². The summed E-state index contributed by atoms with van der Waals surface area (Å²) in [4.78, 5) is 3.74.